The van der Waals surface area contributed by atoms with Crippen LogP contribution < -0.4 is 0 Å². The maximum absolute atomic E-state index is 12.6. The zero-order chi connectivity index (χ0) is 18.5. The highest BCUT2D eigenvalue weighted by atomic mass is 16.5. The van der Waals surface area contributed by atoms with Crippen LogP contribution in [0.3, 0.4) is 0 Å². The van der Waals surface area contributed by atoms with E-state index in [1.54, 1.807) is 0 Å². The van der Waals surface area contributed by atoms with Gasteiger partial charge in [0, 0.05) is 45.1 Å². The predicted molar refractivity (Wildman–Crippen MR) is 101 cm³/mol. The first-order valence-electron chi connectivity index (χ1n) is 11.0. The third kappa shape index (κ3) is 5.09. The molecule has 1 aromatic heterocycles. The molecule has 0 radical (unpaired) electrons. The minimum Gasteiger partial charge on any atom is -0.381 e. The van der Waals surface area contributed by atoms with Crippen LogP contribution in [0.4, 0.5) is 0 Å². The summed E-state index contributed by atoms with van der Waals surface area (Å²) >= 11 is 0. The van der Waals surface area contributed by atoms with Crippen molar-refractivity contribution in [1.82, 2.24) is 15.0 Å². The fraction of sp³-hybridized carbons (Fsp3) is 0.857. The average molecular weight is 376 g/mol. The standard InChI is InChI=1S/C21H33N3O3/c25-20(14-16-4-2-1-3-5-16)24-11-8-17(15-24)6-7-19-22-21(27-23-19)18-9-12-26-13-10-18/h16-18H,1-15H2. The third-order valence-corrected chi connectivity index (χ3v) is 6.66. The van der Waals surface area contributed by atoms with Crippen LogP contribution in [0.25, 0.3) is 0 Å². The quantitative estimate of drug-likeness (QED) is 0.758. The van der Waals surface area contributed by atoms with Gasteiger partial charge in [-0.25, -0.2) is 0 Å². The smallest absolute Gasteiger partial charge is 0.229 e. The Morgan fingerprint density at radius 3 is 2.67 bits per heavy atom. The van der Waals surface area contributed by atoms with E-state index in [2.05, 4.69) is 15.0 Å². The monoisotopic (exact) mass is 375 g/mol. The summed E-state index contributed by atoms with van der Waals surface area (Å²) in [6, 6.07) is 0. The maximum Gasteiger partial charge on any atom is 0.229 e. The number of nitrogens with zero attached hydrogens (tertiary/aromatic N) is 3. The molecule has 6 heteroatoms. The second-order valence-corrected chi connectivity index (χ2v) is 8.68. The van der Waals surface area contributed by atoms with E-state index in [1.807, 2.05) is 0 Å². The zero-order valence-electron chi connectivity index (χ0n) is 16.4. The maximum atomic E-state index is 12.6. The van der Waals surface area contributed by atoms with Gasteiger partial charge in [0.1, 0.15) is 0 Å². The molecular formula is C21H33N3O3. The number of likely N-dealkylation sites (tertiary alicyclic amines) is 1. The molecule has 1 aromatic rings. The van der Waals surface area contributed by atoms with Crippen molar-refractivity contribution in [2.45, 2.75) is 76.5 Å². The molecule has 27 heavy (non-hydrogen) atoms. The van der Waals surface area contributed by atoms with Crippen LogP contribution in [-0.2, 0) is 16.0 Å². The number of aryl methyl sites for hydroxylation is 1. The fourth-order valence-corrected chi connectivity index (χ4v) is 4.87. The molecule has 6 nitrogen and oxygen atoms in total. The van der Waals surface area contributed by atoms with Gasteiger partial charge in [-0.3, -0.25) is 4.79 Å². The van der Waals surface area contributed by atoms with E-state index < -0.39 is 0 Å². The van der Waals surface area contributed by atoms with Crippen LogP contribution in [0.1, 0.15) is 81.8 Å². The lowest BCUT2D eigenvalue weighted by molar-refractivity contribution is -0.131. The van der Waals surface area contributed by atoms with Gasteiger partial charge in [0.15, 0.2) is 5.82 Å². The number of amides is 1. The molecule has 1 saturated carbocycles. The third-order valence-electron chi connectivity index (χ3n) is 6.66. The lowest BCUT2D eigenvalue weighted by Gasteiger charge is -2.24. The van der Waals surface area contributed by atoms with Crippen LogP contribution in [0.15, 0.2) is 4.52 Å². The summed E-state index contributed by atoms with van der Waals surface area (Å²) in [7, 11) is 0. The molecule has 0 aromatic carbocycles. The molecule has 0 N–H and O–H groups in total. The Hall–Kier alpha value is -1.43. The Bertz CT molecular complexity index is 606. The summed E-state index contributed by atoms with van der Waals surface area (Å²) in [5.74, 6) is 3.55. The molecule has 4 rings (SSSR count). The Morgan fingerprint density at radius 1 is 1.04 bits per heavy atom. The van der Waals surface area contributed by atoms with Crippen LogP contribution in [0, 0.1) is 11.8 Å². The predicted octanol–water partition coefficient (Wildman–Crippen LogP) is 3.72. The van der Waals surface area contributed by atoms with E-state index >= 15 is 0 Å². The highest BCUT2D eigenvalue weighted by molar-refractivity contribution is 5.76. The van der Waals surface area contributed by atoms with Crippen molar-refractivity contribution in [3.05, 3.63) is 11.7 Å². The van der Waals surface area contributed by atoms with E-state index in [0.29, 0.717) is 23.7 Å². The Morgan fingerprint density at radius 2 is 1.85 bits per heavy atom. The Kier molecular flexibility index (Phi) is 6.43. The molecule has 0 bridgehead atoms. The molecule has 3 heterocycles. The summed E-state index contributed by atoms with van der Waals surface area (Å²) in [6.45, 7) is 3.41. The number of aromatic nitrogens is 2. The van der Waals surface area contributed by atoms with Crippen molar-refractivity contribution in [3.8, 4) is 0 Å². The number of ether oxygens (including phenoxy) is 1. The zero-order valence-corrected chi connectivity index (χ0v) is 16.4. The van der Waals surface area contributed by atoms with Gasteiger partial charge in [-0.2, -0.15) is 4.98 Å². The van der Waals surface area contributed by atoms with Gasteiger partial charge in [0.05, 0.1) is 0 Å². The van der Waals surface area contributed by atoms with E-state index in [1.165, 1.54) is 32.1 Å². The number of hydrogen-bond acceptors (Lipinski definition) is 5. The van der Waals surface area contributed by atoms with Gasteiger partial charge < -0.3 is 14.2 Å². The summed E-state index contributed by atoms with van der Waals surface area (Å²) in [5.41, 5.74) is 0. The number of rotatable bonds is 6. The average Bonchev–Trinajstić information content (AvgIpc) is 3.38. The summed E-state index contributed by atoms with van der Waals surface area (Å²) < 4.78 is 10.9. The molecule has 2 aliphatic heterocycles. The van der Waals surface area contributed by atoms with Gasteiger partial charge in [0.2, 0.25) is 11.8 Å². The molecule has 2 saturated heterocycles. The van der Waals surface area contributed by atoms with Crippen molar-refractivity contribution >= 4 is 5.91 Å². The lowest BCUT2D eigenvalue weighted by Crippen LogP contribution is -2.30. The molecule has 3 aliphatic rings. The first-order chi connectivity index (χ1) is 13.3. The van der Waals surface area contributed by atoms with Gasteiger partial charge in [0.25, 0.3) is 0 Å². The van der Waals surface area contributed by atoms with Gasteiger partial charge in [-0.15, -0.1) is 0 Å². The first kappa shape index (κ1) is 18.9. The van der Waals surface area contributed by atoms with Gasteiger partial charge in [-0.05, 0) is 50.4 Å². The van der Waals surface area contributed by atoms with Crippen molar-refractivity contribution in [3.63, 3.8) is 0 Å². The number of carbonyl (C=O) groups excluding carboxylic acids is 1. The van der Waals surface area contributed by atoms with Crippen molar-refractivity contribution in [2.75, 3.05) is 26.3 Å². The van der Waals surface area contributed by atoms with Gasteiger partial charge >= 0.3 is 0 Å². The summed E-state index contributed by atoms with van der Waals surface area (Å²) in [5, 5.41) is 4.18. The fourth-order valence-electron chi connectivity index (χ4n) is 4.87. The topological polar surface area (TPSA) is 68.5 Å². The highest BCUT2D eigenvalue weighted by Gasteiger charge is 2.28. The van der Waals surface area contributed by atoms with Crippen molar-refractivity contribution in [1.29, 1.82) is 0 Å². The van der Waals surface area contributed by atoms with Crippen molar-refractivity contribution in [2.24, 2.45) is 11.8 Å². The van der Waals surface area contributed by atoms with E-state index in [4.69, 9.17) is 9.26 Å². The van der Waals surface area contributed by atoms with Crippen LogP contribution in [0.5, 0.6) is 0 Å². The SMILES string of the molecule is O=C(CC1CCCCC1)N1CCC(CCc2noc(C3CCOCC3)n2)C1. The summed E-state index contributed by atoms with van der Waals surface area (Å²) in [6.07, 6.45) is 12.2. The highest BCUT2D eigenvalue weighted by Crippen LogP contribution is 2.29. The van der Waals surface area contributed by atoms with Crippen LogP contribution in [-0.4, -0.2) is 47.3 Å². The number of carbonyl (C=O) groups is 1. The number of hydrogen-bond donors (Lipinski definition) is 0. The van der Waals surface area contributed by atoms with E-state index in [-0.39, 0.29) is 0 Å². The molecule has 3 fully saturated rings. The van der Waals surface area contributed by atoms with Crippen LogP contribution in [0.2, 0.25) is 0 Å². The van der Waals surface area contributed by atoms with E-state index in [9.17, 15) is 4.79 Å². The van der Waals surface area contributed by atoms with Crippen molar-refractivity contribution < 1.29 is 14.1 Å². The minimum absolute atomic E-state index is 0.361. The molecule has 1 amide bonds. The first-order valence-corrected chi connectivity index (χ1v) is 11.0. The molecule has 0 spiro atoms. The second kappa shape index (κ2) is 9.18. The summed E-state index contributed by atoms with van der Waals surface area (Å²) in [4.78, 5) is 19.3. The molecular weight excluding hydrogens is 342 g/mol. The minimum atomic E-state index is 0.361. The molecule has 1 aliphatic carbocycles. The lowest BCUT2D eigenvalue weighted by atomic mass is 9.87. The second-order valence-electron chi connectivity index (χ2n) is 8.68. The Labute approximate surface area is 162 Å². The van der Waals surface area contributed by atoms with E-state index in [0.717, 1.165) is 76.5 Å². The normalized spacial score (nSPS) is 25.2. The van der Waals surface area contributed by atoms with Crippen LogP contribution >= 0.6 is 0 Å². The largest absolute Gasteiger partial charge is 0.381 e. The Balaban J connectivity index is 1.19. The van der Waals surface area contributed by atoms with Gasteiger partial charge in [-0.1, -0.05) is 24.4 Å². The molecule has 1 atom stereocenters. The molecule has 1 unspecified atom stereocenters. The molecule has 150 valence electrons.